The number of rotatable bonds is 3. The van der Waals surface area contributed by atoms with E-state index in [1.165, 1.54) is 7.11 Å². The fourth-order valence-corrected chi connectivity index (χ4v) is 5.29. The molecule has 6 heteroatoms. The summed E-state index contributed by atoms with van der Waals surface area (Å²) in [6.07, 6.45) is 3.79. The molecule has 0 amide bonds. The standard InChI is InChI=1S/C26H25BrN2O3/c1-25(2,3)23(30)22-21(17-9-12-18(27)13-10-17)26(15-28,24(31)32-4)20-14-11-16-7-5-6-8-19(16)29(20)22/h5-14,20-22H,1-4H3/t20?,21-,22+,26-/m1/s1. The van der Waals surface area contributed by atoms with Gasteiger partial charge in [0.05, 0.1) is 25.3 Å². The molecular formula is C26H25BrN2O3. The Morgan fingerprint density at radius 2 is 1.78 bits per heavy atom. The first-order valence-electron chi connectivity index (χ1n) is 10.5. The Bertz CT molecular complexity index is 1140. The van der Waals surface area contributed by atoms with E-state index in [0.717, 1.165) is 21.3 Å². The normalized spacial score (nSPS) is 26.1. The largest absolute Gasteiger partial charge is 0.468 e. The van der Waals surface area contributed by atoms with Gasteiger partial charge in [-0.15, -0.1) is 0 Å². The summed E-state index contributed by atoms with van der Waals surface area (Å²) >= 11 is 3.46. The molecule has 164 valence electrons. The number of ether oxygens (including phenoxy) is 1. The zero-order valence-electron chi connectivity index (χ0n) is 18.5. The van der Waals surface area contributed by atoms with Crippen LogP contribution < -0.4 is 4.90 Å². The van der Waals surface area contributed by atoms with Gasteiger partial charge in [0.25, 0.3) is 0 Å². The molecule has 0 saturated carbocycles. The maximum absolute atomic E-state index is 14.0. The SMILES string of the molecule is COC(=O)[C@]1(C#N)C2C=Cc3ccccc3N2[C@H](C(=O)C(C)(C)C)[C@H]1c1ccc(Br)cc1. The van der Waals surface area contributed by atoms with Crippen LogP contribution in [0.25, 0.3) is 6.08 Å². The number of anilines is 1. The predicted octanol–water partition coefficient (Wildman–Crippen LogP) is 5.12. The Morgan fingerprint density at radius 1 is 1.12 bits per heavy atom. The number of methoxy groups -OCH3 is 1. The van der Waals surface area contributed by atoms with Gasteiger partial charge in [0, 0.05) is 21.5 Å². The van der Waals surface area contributed by atoms with Crippen molar-refractivity contribution in [3.8, 4) is 6.07 Å². The number of nitriles is 1. The van der Waals surface area contributed by atoms with Crippen LogP contribution in [0.15, 0.2) is 59.1 Å². The van der Waals surface area contributed by atoms with Gasteiger partial charge in [-0.25, -0.2) is 0 Å². The molecule has 0 N–H and O–H groups in total. The van der Waals surface area contributed by atoms with E-state index < -0.39 is 34.8 Å². The molecule has 1 saturated heterocycles. The number of fused-ring (bicyclic) bond motifs is 3. The third kappa shape index (κ3) is 3.18. The Labute approximate surface area is 196 Å². The van der Waals surface area contributed by atoms with Crippen LogP contribution in [-0.4, -0.2) is 30.9 Å². The smallest absolute Gasteiger partial charge is 0.329 e. The topological polar surface area (TPSA) is 70.4 Å². The molecule has 2 aromatic carbocycles. The van der Waals surface area contributed by atoms with Crippen molar-refractivity contribution >= 4 is 39.4 Å². The number of ketones is 1. The van der Waals surface area contributed by atoms with E-state index in [2.05, 4.69) is 22.0 Å². The predicted molar refractivity (Wildman–Crippen MR) is 127 cm³/mol. The van der Waals surface area contributed by atoms with Gasteiger partial charge >= 0.3 is 5.97 Å². The number of Topliss-reactive ketones (excluding diaryl/α,β-unsaturated/α-hetero) is 1. The quantitative estimate of drug-likeness (QED) is 0.556. The highest BCUT2D eigenvalue weighted by Crippen LogP contribution is 2.56. The minimum atomic E-state index is -1.59. The van der Waals surface area contributed by atoms with Crippen LogP contribution >= 0.6 is 15.9 Å². The van der Waals surface area contributed by atoms with Crippen LogP contribution in [-0.2, 0) is 14.3 Å². The summed E-state index contributed by atoms with van der Waals surface area (Å²) in [5.74, 6) is -1.36. The van der Waals surface area contributed by atoms with E-state index in [9.17, 15) is 14.9 Å². The summed E-state index contributed by atoms with van der Waals surface area (Å²) < 4.78 is 6.09. The number of hydrogen-bond acceptors (Lipinski definition) is 5. The monoisotopic (exact) mass is 492 g/mol. The number of nitrogens with zero attached hydrogens (tertiary/aromatic N) is 2. The molecule has 2 aliphatic rings. The molecule has 1 fully saturated rings. The number of carbonyl (C=O) groups is 2. The van der Waals surface area contributed by atoms with Crippen molar-refractivity contribution in [3.63, 3.8) is 0 Å². The van der Waals surface area contributed by atoms with E-state index >= 15 is 0 Å². The maximum Gasteiger partial charge on any atom is 0.329 e. The summed E-state index contributed by atoms with van der Waals surface area (Å²) in [5, 5.41) is 10.6. The molecular weight excluding hydrogens is 468 g/mol. The van der Waals surface area contributed by atoms with Gasteiger partial charge < -0.3 is 9.64 Å². The molecule has 2 heterocycles. The minimum absolute atomic E-state index is 0.0263. The van der Waals surface area contributed by atoms with Crippen molar-refractivity contribution in [2.24, 2.45) is 10.8 Å². The second-order valence-electron chi connectivity index (χ2n) is 9.33. The maximum atomic E-state index is 14.0. The fraction of sp³-hybridized carbons (Fsp3) is 0.346. The lowest BCUT2D eigenvalue weighted by Gasteiger charge is -2.37. The van der Waals surface area contributed by atoms with Crippen LogP contribution in [0, 0.1) is 22.2 Å². The van der Waals surface area contributed by atoms with E-state index in [1.807, 2.05) is 86.4 Å². The lowest BCUT2D eigenvalue weighted by molar-refractivity contribution is -0.150. The average Bonchev–Trinajstić information content (AvgIpc) is 3.09. The van der Waals surface area contributed by atoms with Crippen molar-refractivity contribution in [1.29, 1.82) is 5.26 Å². The van der Waals surface area contributed by atoms with Gasteiger partial charge in [-0.3, -0.25) is 9.59 Å². The summed E-state index contributed by atoms with van der Waals surface area (Å²) in [6, 6.07) is 16.2. The summed E-state index contributed by atoms with van der Waals surface area (Å²) in [4.78, 5) is 29.3. The molecule has 32 heavy (non-hydrogen) atoms. The first kappa shape index (κ1) is 22.3. The van der Waals surface area contributed by atoms with E-state index in [1.54, 1.807) is 0 Å². The van der Waals surface area contributed by atoms with Crippen LogP contribution in [0.2, 0.25) is 0 Å². The number of benzene rings is 2. The molecule has 0 spiro atoms. The molecule has 5 nitrogen and oxygen atoms in total. The zero-order valence-corrected chi connectivity index (χ0v) is 20.1. The number of halogens is 1. The Hall–Kier alpha value is -2.91. The summed E-state index contributed by atoms with van der Waals surface area (Å²) in [5.41, 5.74) is 0.274. The van der Waals surface area contributed by atoms with Crippen molar-refractivity contribution < 1.29 is 14.3 Å². The fourth-order valence-electron chi connectivity index (χ4n) is 5.02. The lowest BCUT2D eigenvalue weighted by Crippen LogP contribution is -2.48. The number of carbonyl (C=O) groups excluding carboxylic acids is 2. The number of esters is 1. The van der Waals surface area contributed by atoms with Crippen molar-refractivity contribution in [2.45, 2.75) is 38.8 Å². The Balaban J connectivity index is 2.06. The third-order valence-corrected chi connectivity index (χ3v) is 7.02. The second kappa shape index (κ2) is 7.90. The average molecular weight is 493 g/mol. The highest BCUT2D eigenvalue weighted by atomic mass is 79.9. The molecule has 0 bridgehead atoms. The second-order valence-corrected chi connectivity index (χ2v) is 10.2. The van der Waals surface area contributed by atoms with Gasteiger partial charge in [-0.2, -0.15) is 5.26 Å². The Morgan fingerprint density at radius 3 is 2.38 bits per heavy atom. The molecule has 2 aliphatic heterocycles. The van der Waals surface area contributed by atoms with Crippen LogP contribution in [0.1, 0.15) is 37.8 Å². The van der Waals surface area contributed by atoms with Gasteiger partial charge in [-0.1, -0.05) is 79.2 Å². The van der Waals surface area contributed by atoms with Crippen LogP contribution in [0.5, 0.6) is 0 Å². The molecule has 0 radical (unpaired) electrons. The van der Waals surface area contributed by atoms with Crippen molar-refractivity contribution in [2.75, 3.05) is 12.0 Å². The molecule has 2 aromatic rings. The summed E-state index contributed by atoms with van der Waals surface area (Å²) in [6.45, 7) is 5.62. The van der Waals surface area contributed by atoms with Gasteiger partial charge in [-0.05, 0) is 29.3 Å². The zero-order chi connectivity index (χ0) is 23.3. The van der Waals surface area contributed by atoms with Crippen molar-refractivity contribution in [3.05, 3.63) is 70.2 Å². The third-order valence-electron chi connectivity index (χ3n) is 6.49. The van der Waals surface area contributed by atoms with Crippen molar-refractivity contribution in [1.82, 2.24) is 0 Å². The molecule has 0 aromatic heterocycles. The van der Waals surface area contributed by atoms with Crippen LogP contribution in [0.3, 0.4) is 0 Å². The molecule has 0 aliphatic carbocycles. The first-order valence-corrected chi connectivity index (χ1v) is 11.3. The van der Waals surface area contributed by atoms with E-state index in [4.69, 9.17) is 4.74 Å². The van der Waals surface area contributed by atoms with Gasteiger partial charge in [0.15, 0.2) is 11.2 Å². The molecule has 4 atom stereocenters. The first-order chi connectivity index (χ1) is 15.2. The molecule has 1 unspecified atom stereocenters. The van der Waals surface area contributed by atoms with E-state index in [0.29, 0.717) is 0 Å². The Kier molecular flexibility index (Phi) is 5.50. The highest BCUT2D eigenvalue weighted by Gasteiger charge is 2.67. The highest BCUT2D eigenvalue weighted by molar-refractivity contribution is 9.10. The lowest BCUT2D eigenvalue weighted by atomic mass is 9.67. The number of hydrogen-bond donors (Lipinski definition) is 0. The van der Waals surface area contributed by atoms with E-state index in [-0.39, 0.29) is 5.78 Å². The summed E-state index contributed by atoms with van der Waals surface area (Å²) in [7, 11) is 1.30. The van der Waals surface area contributed by atoms with Crippen LogP contribution in [0.4, 0.5) is 5.69 Å². The van der Waals surface area contributed by atoms with Gasteiger partial charge in [0.2, 0.25) is 0 Å². The van der Waals surface area contributed by atoms with Gasteiger partial charge in [0.1, 0.15) is 0 Å². The minimum Gasteiger partial charge on any atom is -0.468 e. The molecule has 4 rings (SSSR count). The number of para-hydroxylation sites is 1.